The molecule has 10 heteroatoms. The standard InChI is InChI=1S/C16H16N4O6/c21-14(22)9-16(5-7-26-10-16)17-15(23)13-4-6-19(18-13)11-2-1-3-12(8-11)20(24)25/h1-4,6,8H,5,7,9-10H2,(H,17,23)(H,21,22). The number of nitrogens with one attached hydrogen (secondary N) is 1. The Morgan fingerprint density at radius 3 is 2.88 bits per heavy atom. The summed E-state index contributed by atoms with van der Waals surface area (Å²) in [6.45, 7) is 0.492. The first-order chi connectivity index (χ1) is 12.4. The number of hydrogen-bond donors (Lipinski definition) is 2. The molecule has 1 aromatic heterocycles. The number of carbonyl (C=O) groups is 2. The van der Waals surface area contributed by atoms with Crippen molar-refractivity contribution in [1.82, 2.24) is 15.1 Å². The van der Waals surface area contributed by atoms with E-state index in [0.717, 1.165) is 0 Å². The number of benzene rings is 1. The summed E-state index contributed by atoms with van der Waals surface area (Å²) in [7, 11) is 0. The van der Waals surface area contributed by atoms with Gasteiger partial charge in [0.25, 0.3) is 11.6 Å². The Bertz CT molecular complexity index is 856. The molecule has 0 spiro atoms. The number of carbonyl (C=O) groups excluding carboxylic acids is 1. The Balaban J connectivity index is 1.79. The third kappa shape index (κ3) is 3.70. The average molecular weight is 360 g/mol. The first-order valence-electron chi connectivity index (χ1n) is 7.81. The van der Waals surface area contributed by atoms with E-state index in [2.05, 4.69) is 10.4 Å². The molecule has 1 atom stereocenters. The van der Waals surface area contributed by atoms with Crippen LogP contribution in [0.1, 0.15) is 23.3 Å². The topological polar surface area (TPSA) is 137 Å². The van der Waals surface area contributed by atoms with Crippen LogP contribution in [0.5, 0.6) is 0 Å². The summed E-state index contributed by atoms with van der Waals surface area (Å²) in [6.07, 6.45) is 1.66. The lowest BCUT2D eigenvalue weighted by Gasteiger charge is -2.26. The molecular weight excluding hydrogens is 344 g/mol. The Hall–Kier alpha value is -3.27. The number of aliphatic carboxylic acids is 1. The molecule has 10 nitrogen and oxygen atoms in total. The van der Waals surface area contributed by atoms with Crippen molar-refractivity contribution < 1.29 is 24.4 Å². The van der Waals surface area contributed by atoms with Crippen LogP contribution in [-0.2, 0) is 9.53 Å². The molecule has 1 fully saturated rings. The number of ether oxygens (including phenoxy) is 1. The van der Waals surface area contributed by atoms with E-state index in [1.54, 1.807) is 6.07 Å². The number of nitro benzene ring substituents is 1. The second kappa shape index (κ2) is 6.92. The van der Waals surface area contributed by atoms with E-state index >= 15 is 0 Å². The fourth-order valence-corrected chi connectivity index (χ4v) is 2.82. The van der Waals surface area contributed by atoms with Gasteiger partial charge < -0.3 is 15.2 Å². The van der Waals surface area contributed by atoms with E-state index in [4.69, 9.17) is 9.84 Å². The van der Waals surface area contributed by atoms with Gasteiger partial charge in [0.15, 0.2) is 5.69 Å². The highest BCUT2D eigenvalue weighted by Crippen LogP contribution is 2.23. The van der Waals surface area contributed by atoms with Crippen molar-refractivity contribution in [3.8, 4) is 5.69 Å². The number of carboxylic acid groups (broad SMARTS) is 1. The molecule has 136 valence electrons. The van der Waals surface area contributed by atoms with Gasteiger partial charge in [-0.1, -0.05) is 6.07 Å². The van der Waals surface area contributed by atoms with E-state index < -0.39 is 22.3 Å². The van der Waals surface area contributed by atoms with Crippen LogP contribution in [0.4, 0.5) is 5.69 Å². The van der Waals surface area contributed by atoms with Crippen molar-refractivity contribution in [2.75, 3.05) is 13.2 Å². The van der Waals surface area contributed by atoms with Crippen molar-refractivity contribution in [2.24, 2.45) is 0 Å². The molecule has 1 unspecified atom stereocenters. The van der Waals surface area contributed by atoms with Crippen LogP contribution >= 0.6 is 0 Å². The maximum atomic E-state index is 12.5. The first kappa shape index (κ1) is 17.5. The second-order valence-corrected chi connectivity index (χ2v) is 6.03. The summed E-state index contributed by atoms with van der Waals surface area (Å²) in [5.41, 5.74) is -0.540. The number of non-ortho nitro benzene ring substituents is 1. The summed E-state index contributed by atoms with van der Waals surface area (Å²) < 4.78 is 6.58. The first-order valence-corrected chi connectivity index (χ1v) is 7.81. The molecule has 0 radical (unpaired) electrons. The lowest BCUT2D eigenvalue weighted by Crippen LogP contribution is -2.50. The van der Waals surface area contributed by atoms with Gasteiger partial charge in [0.1, 0.15) is 0 Å². The second-order valence-electron chi connectivity index (χ2n) is 6.03. The molecule has 1 aliphatic rings. The van der Waals surface area contributed by atoms with Crippen LogP contribution in [0.3, 0.4) is 0 Å². The van der Waals surface area contributed by atoms with Crippen LogP contribution in [0.25, 0.3) is 5.69 Å². The van der Waals surface area contributed by atoms with Crippen LogP contribution in [0.15, 0.2) is 36.5 Å². The SMILES string of the molecule is O=C(O)CC1(NC(=O)c2ccn(-c3cccc([N+](=O)[O-])c3)n2)CCOC1. The van der Waals surface area contributed by atoms with Gasteiger partial charge in [-0.05, 0) is 18.6 Å². The minimum atomic E-state index is -1.03. The van der Waals surface area contributed by atoms with Gasteiger partial charge in [-0.15, -0.1) is 0 Å². The van der Waals surface area contributed by atoms with Gasteiger partial charge in [0, 0.05) is 24.9 Å². The summed E-state index contributed by atoms with van der Waals surface area (Å²) in [5, 5.41) is 26.8. The molecule has 2 heterocycles. The molecule has 1 aliphatic heterocycles. The zero-order valence-corrected chi connectivity index (χ0v) is 13.6. The molecule has 2 N–H and O–H groups in total. The number of amides is 1. The van der Waals surface area contributed by atoms with Crippen molar-refractivity contribution >= 4 is 17.6 Å². The van der Waals surface area contributed by atoms with Crippen molar-refractivity contribution in [3.63, 3.8) is 0 Å². The Morgan fingerprint density at radius 1 is 1.42 bits per heavy atom. The summed E-state index contributed by atoms with van der Waals surface area (Å²) in [4.78, 5) is 33.9. The van der Waals surface area contributed by atoms with Crippen molar-refractivity contribution in [2.45, 2.75) is 18.4 Å². The Morgan fingerprint density at radius 2 is 2.23 bits per heavy atom. The van der Waals surface area contributed by atoms with Gasteiger partial charge in [-0.25, -0.2) is 4.68 Å². The monoisotopic (exact) mass is 360 g/mol. The number of carboxylic acids is 1. The van der Waals surface area contributed by atoms with Crippen LogP contribution in [0, 0.1) is 10.1 Å². The van der Waals surface area contributed by atoms with Gasteiger partial charge in [-0.3, -0.25) is 19.7 Å². The smallest absolute Gasteiger partial charge is 0.305 e. The Kier molecular flexibility index (Phi) is 4.67. The van der Waals surface area contributed by atoms with Crippen LogP contribution in [0.2, 0.25) is 0 Å². The van der Waals surface area contributed by atoms with Gasteiger partial charge in [-0.2, -0.15) is 5.10 Å². The summed E-state index contributed by atoms with van der Waals surface area (Å²) in [6, 6.07) is 7.30. The number of rotatable bonds is 6. The van der Waals surface area contributed by atoms with Crippen molar-refractivity contribution in [3.05, 3.63) is 52.3 Å². The summed E-state index contributed by atoms with van der Waals surface area (Å²) in [5.74, 6) is -1.56. The van der Waals surface area contributed by atoms with Gasteiger partial charge in [0.05, 0.1) is 29.2 Å². The number of hydrogen-bond acceptors (Lipinski definition) is 6. The molecule has 3 rings (SSSR count). The highest BCUT2D eigenvalue weighted by Gasteiger charge is 2.39. The van der Waals surface area contributed by atoms with Crippen LogP contribution < -0.4 is 5.32 Å². The molecule has 0 aliphatic carbocycles. The third-order valence-electron chi connectivity index (χ3n) is 4.10. The largest absolute Gasteiger partial charge is 0.481 e. The fraction of sp³-hybridized carbons (Fsp3) is 0.312. The minimum Gasteiger partial charge on any atom is -0.481 e. The van der Waals surface area contributed by atoms with Gasteiger partial charge in [0.2, 0.25) is 0 Å². The maximum Gasteiger partial charge on any atom is 0.305 e. The molecular formula is C16H16N4O6. The predicted octanol–water partition coefficient (Wildman–Crippen LogP) is 1.14. The molecule has 26 heavy (non-hydrogen) atoms. The van der Waals surface area contributed by atoms with E-state index in [0.29, 0.717) is 18.7 Å². The predicted molar refractivity (Wildman–Crippen MR) is 88.1 cm³/mol. The van der Waals surface area contributed by atoms with Crippen molar-refractivity contribution in [1.29, 1.82) is 0 Å². The van der Waals surface area contributed by atoms with Crippen LogP contribution in [-0.4, -0.2) is 50.4 Å². The highest BCUT2D eigenvalue weighted by molar-refractivity contribution is 5.93. The Labute approximate surface area is 147 Å². The lowest BCUT2D eigenvalue weighted by atomic mass is 9.94. The molecule has 2 aromatic rings. The fourth-order valence-electron chi connectivity index (χ4n) is 2.82. The van der Waals surface area contributed by atoms with E-state index in [-0.39, 0.29) is 24.4 Å². The molecule has 0 saturated carbocycles. The number of nitrogens with zero attached hydrogens (tertiary/aromatic N) is 3. The van der Waals surface area contributed by atoms with E-state index in [9.17, 15) is 19.7 Å². The molecule has 1 saturated heterocycles. The summed E-state index contributed by atoms with van der Waals surface area (Å²) >= 11 is 0. The van der Waals surface area contributed by atoms with Gasteiger partial charge >= 0.3 is 5.97 Å². The third-order valence-corrected chi connectivity index (χ3v) is 4.10. The zero-order valence-electron chi connectivity index (χ0n) is 13.6. The lowest BCUT2D eigenvalue weighted by molar-refractivity contribution is -0.384. The number of aromatic nitrogens is 2. The number of nitro groups is 1. The molecule has 0 bridgehead atoms. The maximum absolute atomic E-state index is 12.5. The van der Waals surface area contributed by atoms with E-state index in [1.807, 2.05) is 0 Å². The molecule has 1 amide bonds. The molecule has 1 aromatic carbocycles. The quantitative estimate of drug-likeness (QED) is 0.582. The highest BCUT2D eigenvalue weighted by atomic mass is 16.6. The minimum absolute atomic E-state index is 0.0770. The normalized spacial score (nSPS) is 19.2. The zero-order chi connectivity index (χ0) is 18.7. The van der Waals surface area contributed by atoms with E-state index in [1.165, 1.54) is 35.1 Å². The average Bonchev–Trinajstić information content (AvgIpc) is 3.24.